The smallest absolute Gasteiger partial charge is 0.383 e. The van der Waals surface area contributed by atoms with Gasteiger partial charge < -0.3 is 9.72 Å². The van der Waals surface area contributed by atoms with Crippen LogP contribution in [0.15, 0.2) is 59.9 Å². The topological polar surface area (TPSA) is 55.7 Å². The average Bonchev–Trinajstić information content (AvgIpc) is 3.34. The van der Waals surface area contributed by atoms with Gasteiger partial charge in [-0.05, 0) is 23.8 Å². The van der Waals surface area contributed by atoms with E-state index >= 15 is 0 Å². The number of halogens is 3. The van der Waals surface area contributed by atoms with Gasteiger partial charge in [0.1, 0.15) is 0 Å². The number of aromatic amines is 1. The zero-order valence-corrected chi connectivity index (χ0v) is 16.9. The van der Waals surface area contributed by atoms with Crippen molar-refractivity contribution in [2.24, 2.45) is 0 Å². The molecule has 1 N–H and O–H groups in total. The number of alkyl halides is 3. The van der Waals surface area contributed by atoms with Gasteiger partial charge in [-0.15, -0.1) is 10.2 Å². The fraction of sp³-hybridized carbons (Fsp3) is 0.238. The van der Waals surface area contributed by atoms with Crippen molar-refractivity contribution in [3.8, 4) is 11.4 Å². The first-order chi connectivity index (χ1) is 14.5. The summed E-state index contributed by atoms with van der Waals surface area (Å²) < 4.78 is 45.5. The lowest BCUT2D eigenvalue weighted by Gasteiger charge is -2.10. The minimum Gasteiger partial charge on any atom is -0.383 e. The summed E-state index contributed by atoms with van der Waals surface area (Å²) in [7, 11) is 1.63. The lowest BCUT2D eigenvalue weighted by molar-refractivity contribution is -0.137. The van der Waals surface area contributed by atoms with E-state index in [1.807, 2.05) is 35.0 Å². The van der Waals surface area contributed by atoms with Crippen molar-refractivity contribution in [1.82, 2.24) is 19.7 Å². The SMILES string of the molecule is COCCn1c(SCc2ccc(C(F)(F)F)cc2)nnc1-c1c[nH]c2ccccc12. The van der Waals surface area contributed by atoms with Crippen molar-refractivity contribution in [1.29, 1.82) is 0 Å². The number of nitrogens with one attached hydrogen (secondary N) is 1. The molecular weight excluding hydrogens is 413 g/mol. The Morgan fingerprint density at radius 3 is 2.57 bits per heavy atom. The molecule has 0 saturated carbocycles. The molecule has 2 heterocycles. The predicted octanol–water partition coefficient (Wildman–Crippen LogP) is 5.38. The molecule has 2 aromatic carbocycles. The Balaban J connectivity index is 1.59. The van der Waals surface area contributed by atoms with Crippen LogP contribution in [-0.4, -0.2) is 33.5 Å². The van der Waals surface area contributed by atoms with Crippen LogP contribution >= 0.6 is 11.8 Å². The van der Waals surface area contributed by atoms with Gasteiger partial charge in [0.15, 0.2) is 11.0 Å². The molecule has 0 radical (unpaired) electrons. The number of hydrogen-bond acceptors (Lipinski definition) is 4. The minimum absolute atomic E-state index is 0.483. The van der Waals surface area contributed by atoms with Gasteiger partial charge in [-0.3, -0.25) is 4.57 Å². The van der Waals surface area contributed by atoms with E-state index in [4.69, 9.17) is 4.74 Å². The molecule has 30 heavy (non-hydrogen) atoms. The number of H-pyrrole nitrogens is 1. The quantitative estimate of drug-likeness (QED) is 0.398. The molecule has 9 heteroatoms. The summed E-state index contributed by atoms with van der Waals surface area (Å²) in [6, 6.07) is 13.1. The van der Waals surface area contributed by atoms with E-state index in [1.54, 1.807) is 7.11 Å². The van der Waals surface area contributed by atoms with Crippen molar-refractivity contribution in [2.45, 2.75) is 23.6 Å². The van der Waals surface area contributed by atoms with Crippen LogP contribution in [-0.2, 0) is 23.2 Å². The monoisotopic (exact) mass is 432 g/mol. The molecule has 0 bridgehead atoms. The molecule has 0 spiro atoms. The molecular formula is C21H19F3N4OS. The summed E-state index contributed by atoms with van der Waals surface area (Å²) >= 11 is 1.43. The summed E-state index contributed by atoms with van der Waals surface area (Å²) in [5.41, 5.74) is 2.08. The third-order valence-corrected chi connectivity index (χ3v) is 5.75. The molecule has 0 aliphatic heterocycles. The van der Waals surface area contributed by atoms with E-state index in [9.17, 15) is 13.2 Å². The fourth-order valence-electron chi connectivity index (χ4n) is 3.17. The zero-order chi connectivity index (χ0) is 21.1. The summed E-state index contributed by atoms with van der Waals surface area (Å²) in [4.78, 5) is 3.24. The number of methoxy groups -OCH3 is 1. The van der Waals surface area contributed by atoms with Gasteiger partial charge in [-0.25, -0.2) is 0 Å². The number of hydrogen-bond donors (Lipinski definition) is 1. The largest absolute Gasteiger partial charge is 0.416 e. The van der Waals surface area contributed by atoms with Gasteiger partial charge in [0.25, 0.3) is 0 Å². The maximum absolute atomic E-state index is 12.7. The average molecular weight is 432 g/mol. The van der Waals surface area contributed by atoms with E-state index in [1.165, 1.54) is 23.9 Å². The first kappa shape index (κ1) is 20.5. The van der Waals surface area contributed by atoms with Crippen LogP contribution in [0.3, 0.4) is 0 Å². The van der Waals surface area contributed by atoms with E-state index in [0.717, 1.165) is 40.0 Å². The van der Waals surface area contributed by atoms with E-state index in [2.05, 4.69) is 15.2 Å². The molecule has 0 atom stereocenters. The van der Waals surface area contributed by atoms with E-state index in [0.29, 0.717) is 24.1 Å². The number of para-hydroxylation sites is 1. The zero-order valence-electron chi connectivity index (χ0n) is 16.1. The molecule has 0 amide bonds. The van der Waals surface area contributed by atoms with Crippen LogP contribution < -0.4 is 0 Å². The highest BCUT2D eigenvalue weighted by atomic mass is 32.2. The molecule has 4 aromatic rings. The third kappa shape index (κ3) is 4.22. The third-order valence-electron chi connectivity index (χ3n) is 4.72. The molecule has 0 unspecified atom stereocenters. The maximum atomic E-state index is 12.7. The number of rotatable bonds is 7. The molecule has 0 saturated heterocycles. The Morgan fingerprint density at radius 2 is 1.83 bits per heavy atom. The van der Waals surface area contributed by atoms with E-state index in [-0.39, 0.29) is 0 Å². The second-order valence-corrected chi connectivity index (χ2v) is 7.62. The normalized spacial score (nSPS) is 12.0. The molecule has 0 aliphatic carbocycles. The summed E-state index contributed by atoms with van der Waals surface area (Å²) in [6.45, 7) is 1.05. The van der Waals surface area contributed by atoms with Crippen molar-refractivity contribution >= 4 is 22.7 Å². The number of thioether (sulfide) groups is 1. The van der Waals surface area contributed by atoms with Crippen molar-refractivity contribution in [3.05, 3.63) is 65.9 Å². The van der Waals surface area contributed by atoms with Crippen LogP contribution in [0.4, 0.5) is 13.2 Å². The van der Waals surface area contributed by atoms with Crippen LogP contribution in [0.1, 0.15) is 11.1 Å². The predicted molar refractivity (Wildman–Crippen MR) is 110 cm³/mol. The van der Waals surface area contributed by atoms with Crippen LogP contribution in [0.25, 0.3) is 22.3 Å². The first-order valence-corrected chi connectivity index (χ1v) is 10.2. The highest BCUT2D eigenvalue weighted by Crippen LogP contribution is 2.32. The lowest BCUT2D eigenvalue weighted by Crippen LogP contribution is -2.07. The highest BCUT2D eigenvalue weighted by Gasteiger charge is 2.30. The van der Waals surface area contributed by atoms with Crippen LogP contribution in [0.5, 0.6) is 0 Å². The number of benzene rings is 2. The summed E-state index contributed by atoms with van der Waals surface area (Å²) in [5, 5.41) is 10.4. The van der Waals surface area contributed by atoms with Gasteiger partial charge in [-0.2, -0.15) is 13.2 Å². The molecule has 5 nitrogen and oxygen atoms in total. The van der Waals surface area contributed by atoms with Crippen LogP contribution in [0.2, 0.25) is 0 Å². The number of nitrogens with zero attached hydrogens (tertiary/aromatic N) is 3. The summed E-state index contributed by atoms with van der Waals surface area (Å²) in [5.74, 6) is 1.20. The van der Waals surface area contributed by atoms with Crippen LogP contribution in [0, 0.1) is 0 Å². The molecule has 2 aromatic heterocycles. The number of aromatic nitrogens is 4. The lowest BCUT2D eigenvalue weighted by atomic mass is 10.1. The Hall–Kier alpha value is -2.78. The van der Waals surface area contributed by atoms with Gasteiger partial charge >= 0.3 is 6.18 Å². The van der Waals surface area contributed by atoms with E-state index < -0.39 is 11.7 Å². The minimum atomic E-state index is -4.33. The van der Waals surface area contributed by atoms with Gasteiger partial charge in [0, 0.05) is 35.5 Å². The second-order valence-electron chi connectivity index (χ2n) is 6.68. The Morgan fingerprint density at radius 1 is 1.07 bits per heavy atom. The molecule has 4 rings (SSSR count). The Labute approximate surface area is 175 Å². The second kappa shape index (κ2) is 8.53. The standard InChI is InChI=1S/C21H19F3N4OS/c1-29-11-10-28-19(17-12-25-18-5-3-2-4-16(17)18)26-27-20(28)30-13-14-6-8-15(9-7-14)21(22,23)24/h2-9,12,25H,10-11,13H2,1H3. The molecule has 156 valence electrons. The molecule has 0 fully saturated rings. The number of ether oxygens (including phenoxy) is 1. The first-order valence-electron chi connectivity index (χ1n) is 9.25. The van der Waals surface area contributed by atoms with Gasteiger partial charge in [-0.1, -0.05) is 42.1 Å². The Bertz CT molecular complexity index is 1140. The van der Waals surface area contributed by atoms with Gasteiger partial charge in [0.2, 0.25) is 0 Å². The summed E-state index contributed by atoms with van der Waals surface area (Å²) in [6.07, 6.45) is -2.43. The molecule has 0 aliphatic rings. The van der Waals surface area contributed by atoms with Crippen molar-refractivity contribution < 1.29 is 17.9 Å². The highest BCUT2D eigenvalue weighted by molar-refractivity contribution is 7.98. The van der Waals surface area contributed by atoms with Crippen molar-refractivity contribution in [3.63, 3.8) is 0 Å². The fourth-order valence-corrected chi connectivity index (χ4v) is 4.09. The van der Waals surface area contributed by atoms with Crippen molar-refractivity contribution in [2.75, 3.05) is 13.7 Å². The number of fused-ring (bicyclic) bond motifs is 1. The Kier molecular flexibility index (Phi) is 5.83. The maximum Gasteiger partial charge on any atom is 0.416 e. The van der Waals surface area contributed by atoms with Gasteiger partial charge in [0.05, 0.1) is 18.7 Å².